The van der Waals surface area contributed by atoms with Crippen LogP contribution in [0.5, 0.6) is 0 Å². The number of nitrogens with one attached hydrogen (secondary N) is 4. The second kappa shape index (κ2) is 12.6. The van der Waals surface area contributed by atoms with Crippen LogP contribution in [0.15, 0.2) is 29.3 Å². The molecule has 1 saturated carbocycles. The van der Waals surface area contributed by atoms with Crippen LogP contribution in [0.3, 0.4) is 0 Å². The summed E-state index contributed by atoms with van der Waals surface area (Å²) in [6, 6.07) is 4.48. The topological polar surface area (TPSA) is 139 Å². The van der Waals surface area contributed by atoms with Gasteiger partial charge >= 0.3 is 12.1 Å². The first-order valence-corrected chi connectivity index (χ1v) is 15.6. The molecule has 1 aliphatic rings. The van der Waals surface area contributed by atoms with E-state index in [4.69, 9.17) is 4.74 Å². The molecule has 0 bridgehead atoms. The van der Waals surface area contributed by atoms with Gasteiger partial charge in [0.15, 0.2) is 0 Å². The fraction of sp³-hybridized carbons (Fsp3) is 0.593. The van der Waals surface area contributed by atoms with E-state index in [1.54, 1.807) is 39.1 Å². The Morgan fingerprint density at radius 1 is 1.08 bits per heavy atom. The molecule has 1 fully saturated rings. The van der Waals surface area contributed by atoms with Gasteiger partial charge < -0.3 is 20.7 Å². The van der Waals surface area contributed by atoms with Crippen molar-refractivity contribution < 1.29 is 22.7 Å². The molecule has 3 amide bonds. The van der Waals surface area contributed by atoms with E-state index in [9.17, 15) is 18.0 Å². The Labute approximate surface area is 235 Å². The van der Waals surface area contributed by atoms with Crippen LogP contribution < -0.4 is 20.7 Å². The Morgan fingerprint density at radius 2 is 1.74 bits per heavy atom. The average Bonchev–Trinajstić information content (AvgIpc) is 3.27. The number of hydrogen-bond donors (Lipinski definition) is 4. The van der Waals surface area contributed by atoms with Crippen molar-refractivity contribution in [2.45, 2.75) is 109 Å². The lowest BCUT2D eigenvalue weighted by Gasteiger charge is -2.28. The van der Waals surface area contributed by atoms with Crippen molar-refractivity contribution in [2.24, 2.45) is 0 Å². The van der Waals surface area contributed by atoms with Crippen molar-refractivity contribution in [3.63, 3.8) is 0 Å². The molecule has 3 rings (SSSR count). The van der Waals surface area contributed by atoms with Gasteiger partial charge in [-0.3, -0.25) is 0 Å². The zero-order chi connectivity index (χ0) is 29.0. The molecular formula is C27H41N5O5S2. The van der Waals surface area contributed by atoms with Gasteiger partial charge in [-0.25, -0.2) is 27.7 Å². The first-order chi connectivity index (χ1) is 18.1. The lowest BCUT2D eigenvalue weighted by molar-refractivity contribution is 0.109. The van der Waals surface area contributed by atoms with E-state index in [0.717, 1.165) is 35.6 Å². The third kappa shape index (κ3) is 9.18. The largest absolute Gasteiger partial charge is 0.447 e. The smallest absolute Gasteiger partial charge is 0.407 e. The highest BCUT2D eigenvalue weighted by Gasteiger charge is 2.29. The van der Waals surface area contributed by atoms with Gasteiger partial charge in [-0.1, -0.05) is 6.07 Å². The molecule has 12 heteroatoms. The second-order valence-electron chi connectivity index (χ2n) is 11.5. The number of thiazole rings is 1. The maximum atomic E-state index is 13.5. The fourth-order valence-corrected chi connectivity index (χ4v) is 7.27. The lowest BCUT2D eigenvalue weighted by atomic mass is 9.86. The van der Waals surface area contributed by atoms with Crippen molar-refractivity contribution in [3.8, 4) is 10.4 Å². The molecule has 216 valence electrons. The molecule has 1 aromatic heterocycles. The molecule has 0 spiro atoms. The van der Waals surface area contributed by atoms with Crippen molar-refractivity contribution >= 4 is 39.2 Å². The molecule has 0 atom stereocenters. The summed E-state index contributed by atoms with van der Waals surface area (Å²) in [5, 5.41) is 9.34. The third-order valence-corrected chi connectivity index (χ3v) is 8.91. The zero-order valence-electron chi connectivity index (χ0n) is 23.8. The summed E-state index contributed by atoms with van der Waals surface area (Å²) in [6.45, 7) is 12.7. The standard InChI is InChI=1S/C27H41N5O5S2/c1-16(2)29-25(33)30-20-12-13-21(23(14-20)39(35,36)32-27(5,6)7)22-15-28-24(38-22)18-8-10-19(11-9-18)31-26(34)37-17(3)4/h12-19,32H,8-11H2,1-7H3,(H,31,34)(H2,29,30,33). The minimum absolute atomic E-state index is 0.0645. The molecular weight excluding hydrogens is 538 g/mol. The summed E-state index contributed by atoms with van der Waals surface area (Å²) in [5.41, 5.74) is 0.205. The number of carbonyl (C=O) groups is 2. The number of hydrogen-bond acceptors (Lipinski definition) is 7. The summed E-state index contributed by atoms with van der Waals surface area (Å²) in [7, 11) is -3.92. The van der Waals surface area contributed by atoms with Crippen LogP contribution in [0.1, 0.15) is 85.1 Å². The normalized spacial score (nSPS) is 18.2. The van der Waals surface area contributed by atoms with Crippen molar-refractivity contribution in [3.05, 3.63) is 29.4 Å². The van der Waals surface area contributed by atoms with Gasteiger partial charge in [0.1, 0.15) is 0 Å². The van der Waals surface area contributed by atoms with Crippen LogP contribution >= 0.6 is 11.3 Å². The molecule has 0 unspecified atom stereocenters. The first-order valence-electron chi connectivity index (χ1n) is 13.3. The van der Waals surface area contributed by atoms with Crippen LogP contribution in [-0.4, -0.2) is 49.3 Å². The van der Waals surface area contributed by atoms with E-state index in [1.165, 1.54) is 17.4 Å². The van der Waals surface area contributed by atoms with Gasteiger partial charge in [-0.15, -0.1) is 11.3 Å². The van der Waals surface area contributed by atoms with E-state index in [0.29, 0.717) is 11.3 Å². The minimum Gasteiger partial charge on any atom is -0.447 e. The fourth-order valence-electron chi connectivity index (χ4n) is 4.41. The highest BCUT2D eigenvalue weighted by molar-refractivity contribution is 7.89. The van der Waals surface area contributed by atoms with Crippen molar-refractivity contribution in [1.82, 2.24) is 20.3 Å². The number of ether oxygens (including phenoxy) is 1. The van der Waals surface area contributed by atoms with E-state index < -0.39 is 21.6 Å². The molecule has 1 aromatic carbocycles. The quantitative estimate of drug-likeness (QED) is 0.322. The molecule has 0 radical (unpaired) electrons. The first kappa shape index (κ1) is 30.8. The molecule has 1 aliphatic carbocycles. The van der Waals surface area contributed by atoms with E-state index >= 15 is 0 Å². The molecule has 4 N–H and O–H groups in total. The van der Waals surface area contributed by atoms with Gasteiger partial charge in [0.05, 0.1) is 20.9 Å². The second-order valence-corrected chi connectivity index (χ2v) is 14.2. The number of nitrogens with zero attached hydrogens (tertiary/aromatic N) is 1. The zero-order valence-corrected chi connectivity index (χ0v) is 25.4. The molecule has 10 nitrogen and oxygen atoms in total. The van der Waals surface area contributed by atoms with Crippen molar-refractivity contribution in [1.29, 1.82) is 0 Å². The number of carbonyl (C=O) groups excluding carboxylic acids is 2. The molecule has 0 saturated heterocycles. The van der Waals surface area contributed by atoms with Gasteiger partial charge in [-0.2, -0.15) is 0 Å². The maximum Gasteiger partial charge on any atom is 0.407 e. The maximum absolute atomic E-state index is 13.5. The van der Waals surface area contributed by atoms with Gasteiger partial charge in [-0.05, 0) is 86.3 Å². The summed E-state index contributed by atoms with van der Waals surface area (Å²) in [4.78, 5) is 29.7. The molecule has 1 heterocycles. The summed E-state index contributed by atoms with van der Waals surface area (Å²) in [5.74, 6) is 0.233. The SMILES string of the molecule is CC(C)NC(=O)Nc1ccc(-c2cnc(C3CCC(NC(=O)OC(C)C)CC3)s2)c(S(=O)(=O)NC(C)(C)C)c1. The van der Waals surface area contributed by atoms with Gasteiger partial charge in [0.25, 0.3) is 0 Å². The number of sulfonamides is 1. The Morgan fingerprint density at radius 3 is 2.33 bits per heavy atom. The van der Waals surface area contributed by atoms with E-state index in [-0.39, 0.29) is 35.1 Å². The number of urea groups is 1. The number of anilines is 1. The average molecular weight is 580 g/mol. The van der Waals surface area contributed by atoms with Crippen LogP contribution in [0, 0.1) is 0 Å². The number of aromatic nitrogens is 1. The Hall–Kier alpha value is -2.70. The van der Waals surface area contributed by atoms with Crippen LogP contribution in [0.2, 0.25) is 0 Å². The van der Waals surface area contributed by atoms with Crippen LogP contribution in [-0.2, 0) is 14.8 Å². The van der Waals surface area contributed by atoms with E-state index in [1.807, 2.05) is 27.7 Å². The van der Waals surface area contributed by atoms with Gasteiger partial charge in [0, 0.05) is 41.0 Å². The number of amides is 3. The summed E-state index contributed by atoms with van der Waals surface area (Å²) >= 11 is 1.48. The third-order valence-electron chi connectivity index (χ3n) is 5.92. The minimum atomic E-state index is -3.92. The molecule has 0 aliphatic heterocycles. The Bertz CT molecular complexity index is 1260. The van der Waals surface area contributed by atoms with Gasteiger partial charge in [0.2, 0.25) is 10.0 Å². The number of benzene rings is 1. The summed E-state index contributed by atoms with van der Waals surface area (Å²) < 4.78 is 34.8. The number of rotatable bonds is 8. The predicted octanol–water partition coefficient (Wildman–Crippen LogP) is 5.58. The Balaban J connectivity index is 1.82. The highest BCUT2D eigenvalue weighted by atomic mass is 32.2. The number of alkyl carbamates (subject to hydrolysis) is 1. The monoisotopic (exact) mass is 579 g/mol. The highest BCUT2D eigenvalue weighted by Crippen LogP contribution is 2.40. The molecule has 39 heavy (non-hydrogen) atoms. The van der Waals surface area contributed by atoms with Crippen LogP contribution in [0.25, 0.3) is 10.4 Å². The lowest BCUT2D eigenvalue weighted by Crippen LogP contribution is -2.40. The van der Waals surface area contributed by atoms with Crippen LogP contribution in [0.4, 0.5) is 15.3 Å². The molecule has 2 aromatic rings. The van der Waals surface area contributed by atoms with Crippen molar-refractivity contribution in [2.75, 3.05) is 5.32 Å². The van der Waals surface area contributed by atoms with E-state index in [2.05, 4.69) is 25.7 Å². The Kier molecular flexibility index (Phi) is 10.0. The predicted molar refractivity (Wildman–Crippen MR) is 155 cm³/mol. The summed E-state index contributed by atoms with van der Waals surface area (Å²) in [6.07, 6.45) is 4.54.